The summed E-state index contributed by atoms with van der Waals surface area (Å²) in [7, 11) is 0. The van der Waals surface area contributed by atoms with Gasteiger partial charge in [-0.05, 0) is 95.8 Å². The summed E-state index contributed by atoms with van der Waals surface area (Å²) in [6.07, 6.45) is 6.33. The SMILES string of the molecule is Cc1cccc(C)c1C(C(=O)NC1CCCCC1)N(C(=O)C(NC(=O)OC(C)(C)C)C(C)C)C(C)CCC(C)C. The van der Waals surface area contributed by atoms with Gasteiger partial charge in [-0.2, -0.15) is 0 Å². The molecule has 1 aromatic carbocycles. The van der Waals surface area contributed by atoms with E-state index in [1.807, 2.05) is 52.8 Å². The summed E-state index contributed by atoms with van der Waals surface area (Å²) in [5.41, 5.74) is 2.11. The molecule has 0 spiro atoms. The van der Waals surface area contributed by atoms with E-state index in [0.717, 1.165) is 55.2 Å². The van der Waals surface area contributed by atoms with Crippen LogP contribution in [0.5, 0.6) is 0 Å². The fourth-order valence-electron chi connectivity index (χ4n) is 5.60. The van der Waals surface area contributed by atoms with Gasteiger partial charge in [-0.25, -0.2) is 4.79 Å². The number of amides is 3. The van der Waals surface area contributed by atoms with E-state index in [1.165, 1.54) is 6.42 Å². The molecule has 1 aromatic rings. The molecule has 0 bridgehead atoms. The predicted molar refractivity (Wildman–Crippen MR) is 162 cm³/mol. The number of nitrogens with one attached hydrogen (secondary N) is 2. The van der Waals surface area contributed by atoms with Gasteiger partial charge in [0.05, 0.1) is 0 Å². The van der Waals surface area contributed by atoms with Crippen LogP contribution >= 0.6 is 0 Å². The maximum atomic E-state index is 14.6. The van der Waals surface area contributed by atoms with E-state index < -0.39 is 23.8 Å². The molecule has 1 saturated carbocycles. The molecule has 3 atom stereocenters. The first-order valence-electron chi connectivity index (χ1n) is 15.3. The van der Waals surface area contributed by atoms with Crippen LogP contribution in [-0.4, -0.2) is 46.5 Å². The maximum Gasteiger partial charge on any atom is 0.408 e. The lowest BCUT2D eigenvalue weighted by molar-refractivity contribution is -0.146. The molecule has 0 saturated heterocycles. The van der Waals surface area contributed by atoms with E-state index in [1.54, 1.807) is 25.7 Å². The van der Waals surface area contributed by atoms with Gasteiger partial charge in [0.1, 0.15) is 17.7 Å². The molecule has 226 valence electrons. The van der Waals surface area contributed by atoms with Crippen LogP contribution in [0, 0.1) is 25.7 Å². The first-order valence-corrected chi connectivity index (χ1v) is 15.3. The monoisotopic (exact) mass is 557 g/mol. The Kier molecular flexibility index (Phi) is 12.5. The summed E-state index contributed by atoms with van der Waals surface area (Å²) >= 11 is 0. The highest BCUT2D eigenvalue weighted by Gasteiger charge is 2.41. The minimum atomic E-state index is -0.842. The average molecular weight is 558 g/mol. The van der Waals surface area contributed by atoms with Crippen molar-refractivity contribution < 1.29 is 19.1 Å². The molecule has 3 unspecified atom stereocenters. The summed E-state index contributed by atoms with van der Waals surface area (Å²) in [5, 5.41) is 6.17. The molecule has 1 aliphatic carbocycles. The number of carbonyl (C=O) groups excluding carboxylic acids is 3. The molecule has 2 N–H and O–H groups in total. The number of carbonyl (C=O) groups is 3. The van der Waals surface area contributed by atoms with Crippen molar-refractivity contribution in [2.24, 2.45) is 11.8 Å². The van der Waals surface area contributed by atoms with Gasteiger partial charge in [-0.3, -0.25) is 9.59 Å². The molecule has 0 radical (unpaired) electrons. The zero-order valence-electron chi connectivity index (χ0n) is 26.7. The van der Waals surface area contributed by atoms with Crippen molar-refractivity contribution in [3.05, 3.63) is 34.9 Å². The maximum absolute atomic E-state index is 14.6. The van der Waals surface area contributed by atoms with E-state index in [4.69, 9.17) is 4.74 Å². The van der Waals surface area contributed by atoms with Gasteiger partial charge >= 0.3 is 6.09 Å². The number of hydrogen-bond acceptors (Lipinski definition) is 4. The van der Waals surface area contributed by atoms with Crippen LogP contribution in [0.15, 0.2) is 18.2 Å². The summed E-state index contributed by atoms with van der Waals surface area (Å²) in [4.78, 5) is 43.5. The number of hydrogen-bond donors (Lipinski definition) is 2. The zero-order chi connectivity index (χ0) is 30.2. The third kappa shape index (κ3) is 9.81. The lowest BCUT2D eigenvalue weighted by Gasteiger charge is -2.41. The Bertz CT molecular complexity index is 972. The largest absolute Gasteiger partial charge is 0.444 e. The topological polar surface area (TPSA) is 87.7 Å². The van der Waals surface area contributed by atoms with Crippen LogP contribution in [0.25, 0.3) is 0 Å². The fourth-order valence-corrected chi connectivity index (χ4v) is 5.60. The minimum Gasteiger partial charge on any atom is -0.444 e. The van der Waals surface area contributed by atoms with Gasteiger partial charge in [-0.15, -0.1) is 0 Å². The van der Waals surface area contributed by atoms with E-state index >= 15 is 0 Å². The lowest BCUT2D eigenvalue weighted by Crippen LogP contribution is -2.57. The Morgan fingerprint density at radius 1 is 0.950 bits per heavy atom. The highest BCUT2D eigenvalue weighted by molar-refractivity contribution is 5.93. The number of nitrogens with zero attached hydrogens (tertiary/aromatic N) is 1. The molecular formula is C33H55N3O4. The van der Waals surface area contributed by atoms with Crippen LogP contribution in [-0.2, 0) is 14.3 Å². The van der Waals surface area contributed by atoms with Gasteiger partial charge < -0.3 is 20.3 Å². The van der Waals surface area contributed by atoms with Crippen molar-refractivity contribution in [3.8, 4) is 0 Å². The quantitative estimate of drug-likeness (QED) is 0.307. The Morgan fingerprint density at radius 3 is 2.02 bits per heavy atom. The summed E-state index contributed by atoms with van der Waals surface area (Å²) < 4.78 is 5.52. The molecule has 1 fully saturated rings. The van der Waals surface area contributed by atoms with E-state index in [-0.39, 0.29) is 29.8 Å². The molecule has 0 aliphatic heterocycles. The molecule has 2 rings (SSSR count). The number of aryl methyl sites for hydroxylation is 2. The van der Waals surface area contributed by atoms with Crippen molar-refractivity contribution in [2.75, 3.05) is 0 Å². The first-order chi connectivity index (χ1) is 18.6. The highest BCUT2D eigenvalue weighted by atomic mass is 16.6. The number of alkyl carbamates (subject to hydrolysis) is 1. The zero-order valence-corrected chi connectivity index (χ0v) is 26.7. The van der Waals surface area contributed by atoms with Crippen LogP contribution < -0.4 is 10.6 Å². The molecule has 7 nitrogen and oxygen atoms in total. The Balaban J connectivity index is 2.61. The molecule has 7 heteroatoms. The van der Waals surface area contributed by atoms with Crippen LogP contribution in [0.4, 0.5) is 4.79 Å². The summed E-state index contributed by atoms with van der Waals surface area (Å²) in [6, 6.07) is 4.23. The molecule has 0 aromatic heterocycles. The van der Waals surface area contributed by atoms with Crippen molar-refractivity contribution >= 4 is 17.9 Å². The predicted octanol–water partition coefficient (Wildman–Crippen LogP) is 7.00. The van der Waals surface area contributed by atoms with Crippen LogP contribution in [0.1, 0.15) is 123 Å². The Morgan fingerprint density at radius 2 is 1.52 bits per heavy atom. The van der Waals surface area contributed by atoms with Gasteiger partial charge in [0.25, 0.3) is 0 Å². The Labute approximate surface area is 243 Å². The van der Waals surface area contributed by atoms with Crippen LogP contribution in [0.3, 0.4) is 0 Å². The average Bonchev–Trinajstić information content (AvgIpc) is 2.84. The number of ether oxygens (including phenoxy) is 1. The summed E-state index contributed by atoms with van der Waals surface area (Å²) in [5.74, 6) is -0.160. The fraction of sp³-hybridized carbons (Fsp3) is 0.727. The van der Waals surface area contributed by atoms with Crippen molar-refractivity contribution in [2.45, 2.75) is 144 Å². The highest BCUT2D eigenvalue weighted by Crippen LogP contribution is 2.33. The second kappa shape index (κ2) is 14.9. The normalized spacial score (nSPS) is 16.8. The standard InChI is InChI=1S/C33H55N3O4/c1-21(2)19-20-25(7)36(31(38)28(22(3)4)35-32(39)40-33(8,9)10)29(27-23(5)15-14-16-24(27)6)30(37)34-26-17-12-11-13-18-26/h14-16,21-22,25-26,28-29H,11-13,17-20H2,1-10H3,(H,34,37)(H,35,39). The van der Waals surface area contributed by atoms with Gasteiger partial charge in [0, 0.05) is 12.1 Å². The second-order valence-corrected chi connectivity index (χ2v) is 13.5. The van der Waals surface area contributed by atoms with Gasteiger partial charge in [-0.1, -0.05) is 65.2 Å². The summed E-state index contributed by atoms with van der Waals surface area (Å²) in [6.45, 7) is 19.6. The smallest absolute Gasteiger partial charge is 0.408 e. The lowest BCUT2D eigenvalue weighted by atomic mass is 9.89. The number of rotatable bonds is 11. The van der Waals surface area contributed by atoms with Crippen molar-refractivity contribution in [3.63, 3.8) is 0 Å². The third-order valence-electron chi connectivity index (χ3n) is 7.79. The second-order valence-electron chi connectivity index (χ2n) is 13.5. The molecule has 3 amide bonds. The number of benzene rings is 1. The third-order valence-corrected chi connectivity index (χ3v) is 7.79. The first kappa shape index (κ1) is 33.6. The minimum absolute atomic E-state index is 0.108. The van der Waals surface area contributed by atoms with Crippen molar-refractivity contribution in [1.82, 2.24) is 15.5 Å². The molecule has 1 aliphatic rings. The van der Waals surface area contributed by atoms with Gasteiger partial charge in [0.2, 0.25) is 11.8 Å². The van der Waals surface area contributed by atoms with E-state index in [2.05, 4.69) is 24.5 Å². The molecular weight excluding hydrogens is 502 g/mol. The van der Waals surface area contributed by atoms with E-state index in [9.17, 15) is 14.4 Å². The van der Waals surface area contributed by atoms with Gasteiger partial charge in [0.15, 0.2) is 0 Å². The molecule has 40 heavy (non-hydrogen) atoms. The van der Waals surface area contributed by atoms with Crippen molar-refractivity contribution in [1.29, 1.82) is 0 Å². The Hall–Kier alpha value is -2.57. The van der Waals surface area contributed by atoms with Crippen LogP contribution in [0.2, 0.25) is 0 Å². The molecule has 0 heterocycles. The van der Waals surface area contributed by atoms with E-state index in [0.29, 0.717) is 5.92 Å².